The van der Waals surface area contributed by atoms with Crippen LogP contribution in [-0.2, 0) is 14.6 Å². The van der Waals surface area contributed by atoms with Gasteiger partial charge in [0.05, 0.1) is 11.5 Å². The zero-order chi connectivity index (χ0) is 11.1. The van der Waals surface area contributed by atoms with Gasteiger partial charge in [0, 0.05) is 19.3 Å². The van der Waals surface area contributed by atoms with E-state index in [2.05, 4.69) is 12.2 Å². The molecule has 1 atom stereocenters. The van der Waals surface area contributed by atoms with E-state index < -0.39 is 9.84 Å². The van der Waals surface area contributed by atoms with Crippen LogP contribution in [0.4, 0.5) is 0 Å². The van der Waals surface area contributed by atoms with E-state index in [1.165, 1.54) is 0 Å². The van der Waals surface area contributed by atoms with E-state index >= 15 is 0 Å². The first-order chi connectivity index (χ1) is 7.14. The van der Waals surface area contributed by atoms with Gasteiger partial charge in [-0.15, -0.1) is 0 Å². The van der Waals surface area contributed by atoms with Gasteiger partial charge >= 0.3 is 0 Å². The van der Waals surface area contributed by atoms with Crippen molar-refractivity contribution >= 4 is 9.84 Å². The summed E-state index contributed by atoms with van der Waals surface area (Å²) in [4.78, 5) is 0. The third-order valence-electron chi connectivity index (χ3n) is 2.48. The molecule has 1 saturated heterocycles. The molecular weight excluding hydrogens is 214 g/mol. The second kappa shape index (κ2) is 6.45. The highest BCUT2D eigenvalue weighted by atomic mass is 32.2. The predicted octanol–water partition coefficient (Wildman–Crippen LogP) is 0.580. The summed E-state index contributed by atoms with van der Waals surface area (Å²) in [6.45, 7) is 4.52. The Balaban J connectivity index is 1.97. The molecular formula is C10H21NO3S. The van der Waals surface area contributed by atoms with E-state index in [0.717, 1.165) is 39.0 Å². The van der Waals surface area contributed by atoms with Crippen molar-refractivity contribution in [3.05, 3.63) is 0 Å². The van der Waals surface area contributed by atoms with Crippen LogP contribution >= 0.6 is 0 Å². The average Bonchev–Trinajstić information content (AvgIpc) is 2.52. The first-order valence-electron chi connectivity index (χ1n) is 5.65. The second-order valence-electron chi connectivity index (χ2n) is 4.02. The lowest BCUT2D eigenvalue weighted by molar-refractivity contribution is 0.132. The van der Waals surface area contributed by atoms with Gasteiger partial charge in [0.25, 0.3) is 0 Å². The summed E-state index contributed by atoms with van der Waals surface area (Å²) >= 11 is 0. The van der Waals surface area contributed by atoms with E-state index in [1.54, 1.807) is 0 Å². The highest BCUT2D eigenvalue weighted by molar-refractivity contribution is 7.91. The molecule has 0 aliphatic carbocycles. The minimum absolute atomic E-state index is 0.168. The third kappa shape index (κ3) is 5.49. The molecule has 0 amide bonds. The quantitative estimate of drug-likeness (QED) is 0.656. The van der Waals surface area contributed by atoms with E-state index in [1.807, 2.05) is 0 Å². The van der Waals surface area contributed by atoms with E-state index in [9.17, 15) is 8.42 Å². The maximum absolute atomic E-state index is 11.2. The van der Waals surface area contributed by atoms with Crippen molar-refractivity contribution in [3.63, 3.8) is 0 Å². The summed E-state index contributed by atoms with van der Waals surface area (Å²) in [5.41, 5.74) is 0. The number of rotatable bonds is 7. The maximum atomic E-state index is 11.2. The Bertz CT molecular complexity index is 264. The fourth-order valence-electron chi connectivity index (χ4n) is 1.68. The first-order valence-corrected chi connectivity index (χ1v) is 7.48. The van der Waals surface area contributed by atoms with E-state index in [-0.39, 0.29) is 6.04 Å². The zero-order valence-corrected chi connectivity index (χ0v) is 10.2. The molecule has 4 nitrogen and oxygen atoms in total. The van der Waals surface area contributed by atoms with Crippen LogP contribution in [0.2, 0.25) is 0 Å². The monoisotopic (exact) mass is 235 g/mol. The van der Waals surface area contributed by atoms with Gasteiger partial charge in [-0.1, -0.05) is 6.92 Å². The van der Waals surface area contributed by atoms with Crippen LogP contribution in [-0.4, -0.2) is 45.7 Å². The molecule has 1 rings (SSSR count). The van der Waals surface area contributed by atoms with Gasteiger partial charge in [0.1, 0.15) is 0 Å². The molecule has 1 aliphatic heterocycles. The van der Waals surface area contributed by atoms with Crippen LogP contribution < -0.4 is 5.32 Å². The summed E-state index contributed by atoms with van der Waals surface area (Å²) in [6, 6.07) is 0.168. The van der Waals surface area contributed by atoms with Crippen molar-refractivity contribution in [2.45, 2.75) is 32.2 Å². The predicted molar refractivity (Wildman–Crippen MR) is 60.8 cm³/mol. The second-order valence-corrected chi connectivity index (χ2v) is 6.25. The molecule has 0 aromatic carbocycles. The molecule has 15 heavy (non-hydrogen) atoms. The highest BCUT2D eigenvalue weighted by Gasteiger charge is 2.26. The van der Waals surface area contributed by atoms with Gasteiger partial charge < -0.3 is 10.1 Å². The summed E-state index contributed by atoms with van der Waals surface area (Å²) < 4.78 is 27.6. The van der Waals surface area contributed by atoms with E-state index in [4.69, 9.17) is 4.74 Å². The molecule has 1 heterocycles. The molecule has 1 N–H and O–H groups in total. The largest absolute Gasteiger partial charge is 0.381 e. The Labute approximate surface area is 92.3 Å². The first kappa shape index (κ1) is 12.9. The minimum atomic E-state index is -2.74. The van der Waals surface area contributed by atoms with Crippen molar-refractivity contribution < 1.29 is 13.2 Å². The standard InChI is InChI=1S/C10H21NO3S/c1-2-6-14-7-3-5-11-10-4-8-15(12,13)9-10/h10-11H,2-9H2,1H3. The normalized spacial score (nSPS) is 24.5. The summed E-state index contributed by atoms with van der Waals surface area (Å²) in [5, 5.41) is 3.25. The van der Waals surface area contributed by atoms with Crippen molar-refractivity contribution in [2.24, 2.45) is 0 Å². The molecule has 0 aromatic heterocycles. The van der Waals surface area contributed by atoms with Gasteiger partial charge in [-0.25, -0.2) is 8.42 Å². The van der Waals surface area contributed by atoms with E-state index in [0.29, 0.717) is 11.5 Å². The zero-order valence-electron chi connectivity index (χ0n) is 9.37. The van der Waals surface area contributed by atoms with Gasteiger partial charge in [0.15, 0.2) is 9.84 Å². The fourth-order valence-corrected chi connectivity index (χ4v) is 3.39. The van der Waals surface area contributed by atoms with Crippen molar-refractivity contribution in [1.29, 1.82) is 0 Å². The molecule has 0 bridgehead atoms. The number of sulfone groups is 1. The van der Waals surface area contributed by atoms with Crippen LogP contribution in [0.5, 0.6) is 0 Å². The lowest BCUT2D eigenvalue weighted by Crippen LogP contribution is -2.31. The highest BCUT2D eigenvalue weighted by Crippen LogP contribution is 2.10. The maximum Gasteiger partial charge on any atom is 0.151 e. The molecule has 90 valence electrons. The SMILES string of the molecule is CCCOCCCNC1CCS(=O)(=O)C1. The molecule has 0 aromatic rings. The van der Waals surface area contributed by atoms with Gasteiger partial charge in [-0.3, -0.25) is 0 Å². The van der Waals surface area contributed by atoms with Crippen molar-refractivity contribution in [2.75, 3.05) is 31.3 Å². The fraction of sp³-hybridized carbons (Fsp3) is 1.00. The van der Waals surface area contributed by atoms with Crippen molar-refractivity contribution in [3.8, 4) is 0 Å². The average molecular weight is 235 g/mol. The van der Waals surface area contributed by atoms with Crippen LogP contribution in [0.3, 0.4) is 0 Å². The summed E-state index contributed by atoms with van der Waals surface area (Å²) in [5.74, 6) is 0.653. The van der Waals surface area contributed by atoms with Crippen molar-refractivity contribution in [1.82, 2.24) is 5.32 Å². The molecule has 5 heteroatoms. The molecule has 1 fully saturated rings. The molecule has 0 saturated carbocycles. The van der Waals surface area contributed by atoms with Gasteiger partial charge in [-0.05, 0) is 25.8 Å². The lowest BCUT2D eigenvalue weighted by Gasteiger charge is -2.10. The van der Waals surface area contributed by atoms with Gasteiger partial charge in [-0.2, -0.15) is 0 Å². The Morgan fingerprint density at radius 2 is 2.20 bits per heavy atom. The van der Waals surface area contributed by atoms with Crippen LogP contribution in [0.1, 0.15) is 26.2 Å². The molecule has 1 aliphatic rings. The smallest absolute Gasteiger partial charge is 0.151 e. The molecule has 1 unspecified atom stereocenters. The van der Waals surface area contributed by atoms with Crippen LogP contribution in [0.15, 0.2) is 0 Å². The van der Waals surface area contributed by atoms with Gasteiger partial charge in [0.2, 0.25) is 0 Å². The minimum Gasteiger partial charge on any atom is -0.381 e. The summed E-state index contributed by atoms with van der Waals surface area (Å²) in [6.07, 6.45) is 2.77. The van der Waals surface area contributed by atoms with Crippen LogP contribution in [0.25, 0.3) is 0 Å². The number of hydrogen-bond donors (Lipinski definition) is 1. The number of ether oxygens (including phenoxy) is 1. The number of nitrogens with one attached hydrogen (secondary N) is 1. The number of hydrogen-bond acceptors (Lipinski definition) is 4. The molecule has 0 spiro atoms. The topological polar surface area (TPSA) is 55.4 Å². The summed E-state index contributed by atoms with van der Waals surface area (Å²) in [7, 11) is -2.74. The van der Waals surface area contributed by atoms with Crippen LogP contribution in [0, 0.1) is 0 Å². The Hall–Kier alpha value is -0.130. The lowest BCUT2D eigenvalue weighted by atomic mass is 10.2. The third-order valence-corrected chi connectivity index (χ3v) is 4.25. The Kier molecular flexibility index (Phi) is 5.56. The Morgan fingerprint density at radius 1 is 1.40 bits per heavy atom. The Morgan fingerprint density at radius 3 is 2.80 bits per heavy atom. The molecule has 0 radical (unpaired) electrons.